The highest BCUT2D eigenvalue weighted by atomic mass is 35.5. The lowest BCUT2D eigenvalue weighted by molar-refractivity contribution is 0.0640. The molecule has 3 unspecified atom stereocenters. The third kappa shape index (κ3) is 5.15. The number of hydrogen-bond donors (Lipinski definition) is 1. The fourth-order valence-corrected chi connectivity index (χ4v) is 6.02. The van der Waals surface area contributed by atoms with E-state index in [-0.39, 0.29) is 27.6 Å². The molecule has 2 amide bonds. The van der Waals surface area contributed by atoms with Crippen molar-refractivity contribution in [2.45, 2.75) is 45.4 Å². The zero-order valence-corrected chi connectivity index (χ0v) is 23.9. The minimum atomic E-state index is -0.725. The highest BCUT2D eigenvalue weighted by Crippen LogP contribution is 2.41. The molecule has 3 atom stereocenters. The lowest BCUT2D eigenvalue weighted by Crippen LogP contribution is -2.59. The van der Waals surface area contributed by atoms with E-state index in [1.54, 1.807) is 19.4 Å². The molecule has 0 spiro atoms. The Balaban J connectivity index is 1.36. The first-order valence-electron chi connectivity index (χ1n) is 13.0. The highest BCUT2D eigenvalue weighted by molar-refractivity contribution is 6.36. The average Bonchev–Trinajstić information content (AvgIpc) is 3.35. The van der Waals surface area contributed by atoms with Gasteiger partial charge in [-0.15, -0.1) is 0 Å². The summed E-state index contributed by atoms with van der Waals surface area (Å²) in [5, 5.41) is 0.899. The molecule has 3 aromatic rings. The van der Waals surface area contributed by atoms with Crippen LogP contribution in [0.4, 0.5) is 15.0 Å². The topological polar surface area (TPSA) is 88.1 Å². The molecule has 2 aliphatic heterocycles. The maximum Gasteiger partial charge on any atom is 0.320 e. The van der Waals surface area contributed by atoms with Crippen LogP contribution in [0.1, 0.15) is 44.4 Å². The first kappa shape index (κ1) is 27.6. The monoisotopic (exact) mass is 575 g/mol. The number of rotatable bonds is 4. The van der Waals surface area contributed by atoms with Gasteiger partial charge in [0.25, 0.3) is 0 Å². The Labute approximate surface area is 237 Å². The van der Waals surface area contributed by atoms with Crippen LogP contribution in [-0.2, 0) is 0 Å². The maximum atomic E-state index is 14.1. The number of likely N-dealkylation sites (N-methyl/N-ethyl adjacent to an activating group) is 1. The number of amides is 2. The summed E-state index contributed by atoms with van der Waals surface area (Å²) >= 11 is 12.5. The molecule has 11 heteroatoms. The summed E-state index contributed by atoms with van der Waals surface area (Å²) in [5.41, 5.74) is 8.81. The molecular formula is C28H32Cl2FN5O3. The molecule has 5 rings (SSSR count). The minimum Gasteiger partial charge on any atom is -0.478 e. The number of nitrogen functional groups attached to an aromatic ring is 1. The van der Waals surface area contributed by atoms with Gasteiger partial charge in [-0.25, -0.2) is 14.2 Å². The number of nitrogens with two attached hydrogens (primary N) is 1. The largest absolute Gasteiger partial charge is 0.478 e. The van der Waals surface area contributed by atoms with Gasteiger partial charge < -0.3 is 24.7 Å². The number of urea groups is 1. The van der Waals surface area contributed by atoms with Crippen molar-refractivity contribution in [2.75, 3.05) is 39.0 Å². The fourth-order valence-electron chi connectivity index (χ4n) is 5.34. The number of piperazine rings is 1. The molecule has 39 heavy (non-hydrogen) atoms. The molecule has 2 aliphatic rings. The molecule has 1 fully saturated rings. The van der Waals surface area contributed by atoms with Crippen LogP contribution in [0, 0.1) is 5.82 Å². The van der Waals surface area contributed by atoms with Crippen LogP contribution >= 0.6 is 23.2 Å². The van der Waals surface area contributed by atoms with Gasteiger partial charge in [0.1, 0.15) is 11.9 Å². The Morgan fingerprint density at radius 2 is 1.95 bits per heavy atom. The van der Waals surface area contributed by atoms with Gasteiger partial charge >= 0.3 is 6.03 Å². The van der Waals surface area contributed by atoms with Crippen molar-refractivity contribution in [1.29, 1.82) is 0 Å². The van der Waals surface area contributed by atoms with Crippen molar-refractivity contribution in [3.63, 3.8) is 0 Å². The molecule has 0 radical (unpaired) electrons. The second kappa shape index (κ2) is 10.9. The summed E-state index contributed by atoms with van der Waals surface area (Å²) in [6.45, 7) is 8.55. The van der Waals surface area contributed by atoms with E-state index >= 15 is 0 Å². The van der Waals surface area contributed by atoms with E-state index in [1.165, 1.54) is 12.1 Å². The van der Waals surface area contributed by atoms with Gasteiger partial charge in [0.2, 0.25) is 5.75 Å². The predicted molar refractivity (Wildman–Crippen MR) is 152 cm³/mol. The molecule has 4 heterocycles. The van der Waals surface area contributed by atoms with Crippen molar-refractivity contribution in [2.24, 2.45) is 0 Å². The van der Waals surface area contributed by atoms with Crippen molar-refractivity contribution >= 4 is 51.6 Å². The van der Waals surface area contributed by atoms with Gasteiger partial charge in [0.05, 0.1) is 16.7 Å². The number of aromatic nitrogens is 1. The number of pyridine rings is 1. The number of carbonyl (C=O) groups is 1. The summed E-state index contributed by atoms with van der Waals surface area (Å²) in [6.07, 6.45) is 5.30. The summed E-state index contributed by atoms with van der Waals surface area (Å²) in [7, 11) is 2.10. The van der Waals surface area contributed by atoms with E-state index in [4.69, 9.17) is 38.1 Å². The Kier molecular flexibility index (Phi) is 7.68. The molecule has 1 saturated heterocycles. The minimum absolute atomic E-state index is 0.0722. The Morgan fingerprint density at radius 1 is 1.23 bits per heavy atom. The average molecular weight is 577 g/mol. The summed E-state index contributed by atoms with van der Waals surface area (Å²) < 4.78 is 26.1. The maximum absolute atomic E-state index is 14.1. The summed E-state index contributed by atoms with van der Waals surface area (Å²) in [5.74, 6) is -0.234. The summed E-state index contributed by atoms with van der Waals surface area (Å²) in [6, 6.07) is 3.34. The SMILES string of the molecule is CC(Oc1c(N)ncc2c(C3=CCN(C(=O)N4CC(C)N(C)C(C)C4)CC3)coc12)c1c(Cl)ccc(F)c1Cl. The number of furan rings is 1. The Bertz CT molecular complexity index is 1430. The van der Waals surface area contributed by atoms with Crippen LogP contribution in [0.2, 0.25) is 10.0 Å². The number of anilines is 1. The van der Waals surface area contributed by atoms with Crippen molar-refractivity contribution in [1.82, 2.24) is 19.7 Å². The van der Waals surface area contributed by atoms with Gasteiger partial charge in [0, 0.05) is 60.6 Å². The van der Waals surface area contributed by atoms with Crippen LogP contribution < -0.4 is 10.5 Å². The number of carbonyl (C=O) groups excluding carboxylic acids is 1. The van der Waals surface area contributed by atoms with Gasteiger partial charge in [-0.05, 0) is 51.9 Å². The molecular weight excluding hydrogens is 544 g/mol. The third-order valence-corrected chi connectivity index (χ3v) is 8.55. The van der Waals surface area contributed by atoms with E-state index in [0.717, 1.165) is 29.6 Å². The molecule has 2 N–H and O–H groups in total. The van der Waals surface area contributed by atoms with E-state index in [9.17, 15) is 9.18 Å². The number of hydrogen-bond acceptors (Lipinski definition) is 6. The van der Waals surface area contributed by atoms with Crippen molar-refractivity contribution < 1.29 is 18.3 Å². The van der Waals surface area contributed by atoms with Crippen LogP contribution in [0.25, 0.3) is 16.5 Å². The number of benzene rings is 1. The zero-order valence-electron chi connectivity index (χ0n) is 22.4. The molecule has 2 aromatic heterocycles. The third-order valence-electron chi connectivity index (χ3n) is 7.84. The predicted octanol–water partition coefficient (Wildman–Crippen LogP) is 6.23. The van der Waals surface area contributed by atoms with Crippen LogP contribution in [0.3, 0.4) is 0 Å². The van der Waals surface area contributed by atoms with Gasteiger partial charge in [0.15, 0.2) is 11.4 Å². The number of ether oxygens (including phenoxy) is 1. The highest BCUT2D eigenvalue weighted by Gasteiger charge is 2.32. The fraction of sp³-hybridized carbons (Fsp3) is 0.429. The number of fused-ring (bicyclic) bond motifs is 1. The lowest BCUT2D eigenvalue weighted by Gasteiger charge is -2.44. The van der Waals surface area contributed by atoms with Crippen LogP contribution in [0.15, 0.2) is 35.1 Å². The molecule has 0 aliphatic carbocycles. The van der Waals surface area contributed by atoms with Gasteiger partial charge in [-0.3, -0.25) is 4.90 Å². The lowest BCUT2D eigenvalue weighted by atomic mass is 9.99. The smallest absolute Gasteiger partial charge is 0.320 e. The van der Waals surface area contributed by atoms with Crippen LogP contribution in [-0.4, -0.2) is 71.0 Å². The van der Waals surface area contributed by atoms with E-state index in [1.807, 2.05) is 9.80 Å². The first-order valence-corrected chi connectivity index (χ1v) is 13.7. The standard InChI is InChI=1S/C28H32Cl2FN5O3/c1-15-12-36(13-16(2)34(15)4)28(37)35-9-7-18(8-10-35)20-14-38-25-19(20)11-33-27(32)26(25)39-17(3)23-21(29)5-6-22(31)24(23)30/h5-7,11,14-17H,8-10,12-13H2,1-4H3,(H2,32,33). The molecule has 8 nitrogen and oxygen atoms in total. The Hall–Kier alpha value is -3.01. The van der Waals surface area contributed by atoms with Crippen molar-refractivity contribution in [3.05, 3.63) is 57.7 Å². The zero-order chi connectivity index (χ0) is 28.0. The molecule has 0 saturated carbocycles. The number of halogens is 3. The van der Waals surface area contributed by atoms with E-state index in [0.29, 0.717) is 42.7 Å². The van der Waals surface area contributed by atoms with Crippen LogP contribution in [0.5, 0.6) is 5.75 Å². The number of nitrogens with zero attached hydrogens (tertiary/aromatic N) is 4. The quantitative estimate of drug-likeness (QED) is 0.371. The van der Waals surface area contributed by atoms with Gasteiger partial charge in [-0.2, -0.15) is 0 Å². The Morgan fingerprint density at radius 3 is 2.62 bits per heavy atom. The molecule has 208 valence electrons. The first-order chi connectivity index (χ1) is 18.6. The second-order valence-electron chi connectivity index (χ2n) is 10.4. The molecule has 1 aromatic carbocycles. The van der Waals surface area contributed by atoms with Crippen molar-refractivity contribution in [3.8, 4) is 5.75 Å². The molecule has 0 bridgehead atoms. The normalized spacial score (nSPS) is 21.3. The van der Waals surface area contributed by atoms with Gasteiger partial charge in [-0.1, -0.05) is 29.3 Å². The second-order valence-corrected chi connectivity index (χ2v) is 11.1. The van der Waals surface area contributed by atoms with E-state index in [2.05, 4.69) is 36.9 Å². The summed E-state index contributed by atoms with van der Waals surface area (Å²) in [4.78, 5) is 23.7. The van der Waals surface area contributed by atoms with E-state index < -0.39 is 11.9 Å².